The van der Waals surface area contributed by atoms with Crippen LogP contribution in [0.5, 0.6) is 0 Å². The van der Waals surface area contributed by atoms with E-state index in [1.165, 1.54) is 50.4 Å². The minimum Gasteiger partial charge on any atom is -0.443 e. The third kappa shape index (κ3) is 8.04. The lowest BCUT2D eigenvalue weighted by molar-refractivity contribution is -0.943. The van der Waals surface area contributed by atoms with E-state index >= 15 is 0 Å². The number of nitrogens with one attached hydrogen (secondary N) is 2. The number of hydrogen-bond donors (Lipinski definition) is 3. The average molecular weight is 529 g/mol. The zero-order valence-electron chi connectivity index (χ0n) is 19.7. The highest BCUT2D eigenvalue weighted by Gasteiger charge is 2.33. The first-order chi connectivity index (χ1) is 16.9. The summed E-state index contributed by atoms with van der Waals surface area (Å²) in [6.07, 6.45) is -2.16. The quantitative estimate of drug-likeness (QED) is 0.336. The van der Waals surface area contributed by atoms with Crippen LogP contribution in [0.1, 0.15) is 25.8 Å². The van der Waals surface area contributed by atoms with Gasteiger partial charge in [0.2, 0.25) is 0 Å². The highest BCUT2D eigenvalue weighted by atomic mass is 35.5. The minimum atomic E-state index is -2.72. The molecule has 36 heavy (non-hydrogen) atoms. The Morgan fingerprint density at radius 3 is 2.64 bits per heavy atom. The lowest BCUT2D eigenvalue weighted by Gasteiger charge is -2.32. The number of pyridine rings is 1. The zero-order chi connectivity index (χ0) is 26.5. The summed E-state index contributed by atoms with van der Waals surface area (Å²) < 4.78 is 59.6. The van der Waals surface area contributed by atoms with Crippen molar-refractivity contribution in [1.29, 1.82) is 0 Å². The summed E-state index contributed by atoms with van der Waals surface area (Å²) in [7, 11) is 0. The van der Waals surface area contributed by atoms with Crippen molar-refractivity contribution in [1.82, 2.24) is 4.98 Å². The highest BCUT2D eigenvalue weighted by molar-refractivity contribution is 6.31. The number of fused-ring (bicyclic) bond motifs is 1. The number of halogens is 5. The lowest BCUT2D eigenvalue weighted by Crippen LogP contribution is -3.16. The number of carbonyl (C=O) groups excluding carboxylic acids is 1. The molecule has 0 saturated heterocycles. The van der Waals surface area contributed by atoms with Gasteiger partial charge in [0.25, 0.3) is 6.43 Å². The Morgan fingerprint density at radius 1 is 1.19 bits per heavy atom. The summed E-state index contributed by atoms with van der Waals surface area (Å²) in [4.78, 5) is 16.8. The van der Waals surface area contributed by atoms with Gasteiger partial charge in [0.15, 0.2) is 0 Å². The highest BCUT2D eigenvalue weighted by Crippen LogP contribution is 2.20. The number of alkyl halides is 2. The number of ether oxygens (including phenoxy) is 1. The average Bonchev–Trinajstić information content (AvgIpc) is 2.78. The van der Waals surface area contributed by atoms with E-state index in [0.29, 0.717) is 16.3 Å². The Morgan fingerprint density at radius 2 is 1.94 bits per heavy atom. The first-order valence-corrected chi connectivity index (χ1v) is 11.6. The maximum atomic E-state index is 13.9. The van der Waals surface area contributed by atoms with Gasteiger partial charge in [-0.25, -0.2) is 27.3 Å². The molecule has 0 radical (unpaired) electrons. The van der Waals surface area contributed by atoms with E-state index in [0.717, 1.165) is 6.07 Å². The molecule has 1 heterocycles. The molecule has 1 amide bonds. The number of hydrogen-bond acceptors (Lipinski definition) is 4. The number of rotatable bonds is 10. The molecule has 0 aliphatic heterocycles. The van der Waals surface area contributed by atoms with Crippen LogP contribution in [0.25, 0.3) is 10.8 Å². The zero-order valence-corrected chi connectivity index (χ0v) is 20.5. The summed E-state index contributed by atoms with van der Waals surface area (Å²) in [5.74, 6) is -1.01. The fraction of sp³-hybridized carbons (Fsp3) is 0.360. The van der Waals surface area contributed by atoms with Crippen LogP contribution < -0.4 is 10.2 Å². The van der Waals surface area contributed by atoms with Gasteiger partial charge in [-0.3, -0.25) is 5.32 Å². The van der Waals surface area contributed by atoms with Crippen LogP contribution in [0, 0.1) is 11.6 Å². The molecule has 0 saturated carbocycles. The van der Waals surface area contributed by atoms with E-state index in [2.05, 4.69) is 10.3 Å². The number of aromatic nitrogens is 1. The molecule has 3 aromatic rings. The Hall–Kier alpha value is -2.95. The summed E-state index contributed by atoms with van der Waals surface area (Å²) in [5.41, 5.74) is -0.960. The molecule has 1 unspecified atom stereocenters. The Kier molecular flexibility index (Phi) is 9.10. The number of quaternary nitrogens is 1. The van der Waals surface area contributed by atoms with Crippen molar-refractivity contribution in [2.45, 2.75) is 44.9 Å². The van der Waals surface area contributed by atoms with Crippen LogP contribution >= 0.6 is 11.6 Å². The fourth-order valence-corrected chi connectivity index (χ4v) is 4.13. The van der Waals surface area contributed by atoms with Crippen LogP contribution in [0.2, 0.25) is 5.02 Å². The second kappa shape index (κ2) is 11.9. The van der Waals surface area contributed by atoms with Gasteiger partial charge in [-0.05, 0) is 49.6 Å². The molecule has 0 aliphatic carbocycles. The molecule has 0 bridgehead atoms. The second-order valence-electron chi connectivity index (χ2n) is 9.14. The standard InChI is InChI=1S/C25H26ClF4N3O3/c1-25(2,35)10-19(33(13-21(29)30)12-16-4-3-5-20(28)23(16)26)14-36-24(34)32-22-9-17-8-18(27)7-6-15(17)11-31-22/h3-9,11,19,21,35H,10,12-14H2,1-2H3,(H,31,32,34)/p+1/t19-/m0/s1. The number of nitrogens with zero attached hydrogens (tertiary/aromatic N) is 1. The summed E-state index contributed by atoms with van der Waals surface area (Å²) in [6, 6.07) is 8.93. The molecular weight excluding hydrogens is 502 g/mol. The SMILES string of the molecule is CC(C)(O)C[C@@H](COC(=O)Nc1cc2cc(F)ccc2cn1)[NH+](Cc1cccc(F)c1Cl)CC(F)F. The van der Waals surface area contributed by atoms with Crippen molar-refractivity contribution in [2.75, 3.05) is 18.5 Å². The first kappa shape index (κ1) is 27.6. The van der Waals surface area contributed by atoms with Crippen LogP contribution in [-0.2, 0) is 11.3 Å². The molecule has 0 aliphatic rings. The number of anilines is 1. The summed E-state index contributed by atoms with van der Waals surface area (Å²) >= 11 is 6.03. The molecular formula is C25H27ClF4N3O3+. The van der Waals surface area contributed by atoms with Crippen molar-refractivity contribution in [3.8, 4) is 0 Å². The van der Waals surface area contributed by atoms with Crippen molar-refractivity contribution >= 4 is 34.3 Å². The third-order valence-electron chi connectivity index (χ3n) is 5.52. The van der Waals surface area contributed by atoms with Crippen molar-refractivity contribution in [3.05, 3.63) is 70.9 Å². The maximum Gasteiger partial charge on any atom is 0.413 e. The molecule has 0 fully saturated rings. The van der Waals surface area contributed by atoms with Gasteiger partial charge >= 0.3 is 6.09 Å². The van der Waals surface area contributed by atoms with Crippen molar-refractivity contribution < 1.29 is 37.1 Å². The predicted molar refractivity (Wildman–Crippen MR) is 128 cm³/mol. The number of aliphatic hydroxyl groups is 1. The Bertz CT molecular complexity index is 1210. The molecule has 3 rings (SSSR count). The van der Waals surface area contributed by atoms with E-state index in [4.69, 9.17) is 16.3 Å². The molecule has 194 valence electrons. The van der Waals surface area contributed by atoms with E-state index in [1.54, 1.807) is 6.07 Å². The molecule has 3 N–H and O–H groups in total. The smallest absolute Gasteiger partial charge is 0.413 e. The Labute approximate surface area is 210 Å². The third-order valence-corrected chi connectivity index (χ3v) is 5.94. The minimum absolute atomic E-state index is 0.00275. The van der Waals surface area contributed by atoms with Crippen LogP contribution in [-0.4, -0.2) is 47.4 Å². The number of amides is 1. The maximum absolute atomic E-state index is 13.9. The van der Waals surface area contributed by atoms with Gasteiger partial charge in [-0.2, -0.15) is 0 Å². The first-order valence-electron chi connectivity index (χ1n) is 11.2. The predicted octanol–water partition coefficient (Wildman–Crippen LogP) is 4.59. The summed E-state index contributed by atoms with van der Waals surface area (Å²) in [5, 5.41) is 13.8. The normalized spacial score (nSPS) is 13.6. The molecule has 1 aromatic heterocycles. The second-order valence-corrected chi connectivity index (χ2v) is 9.52. The largest absolute Gasteiger partial charge is 0.443 e. The number of carbonyl (C=O) groups is 1. The van der Waals surface area contributed by atoms with Gasteiger partial charge < -0.3 is 14.7 Å². The van der Waals surface area contributed by atoms with Crippen LogP contribution in [0.15, 0.2) is 48.7 Å². The van der Waals surface area contributed by atoms with Gasteiger partial charge in [0.1, 0.15) is 43.2 Å². The van der Waals surface area contributed by atoms with Crippen LogP contribution in [0.4, 0.5) is 28.2 Å². The monoisotopic (exact) mass is 528 g/mol. The molecule has 2 aromatic carbocycles. The lowest BCUT2D eigenvalue weighted by atomic mass is 9.98. The molecule has 2 atom stereocenters. The fourth-order valence-electron chi connectivity index (χ4n) is 3.93. The van der Waals surface area contributed by atoms with Crippen LogP contribution in [0.3, 0.4) is 0 Å². The van der Waals surface area contributed by atoms with Gasteiger partial charge in [-0.1, -0.05) is 23.7 Å². The van der Waals surface area contributed by atoms with E-state index in [-0.39, 0.29) is 35.3 Å². The van der Waals surface area contributed by atoms with E-state index in [1.807, 2.05) is 0 Å². The van der Waals surface area contributed by atoms with E-state index < -0.39 is 42.3 Å². The van der Waals surface area contributed by atoms with Crippen molar-refractivity contribution in [3.63, 3.8) is 0 Å². The van der Waals surface area contributed by atoms with E-state index in [9.17, 15) is 27.5 Å². The summed E-state index contributed by atoms with van der Waals surface area (Å²) in [6.45, 7) is 1.97. The van der Waals surface area contributed by atoms with Crippen molar-refractivity contribution in [2.24, 2.45) is 0 Å². The topological polar surface area (TPSA) is 75.9 Å². The number of benzene rings is 2. The van der Waals surface area contributed by atoms with Gasteiger partial charge in [-0.15, -0.1) is 0 Å². The Balaban J connectivity index is 1.75. The van der Waals surface area contributed by atoms with Gasteiger partial charge in [0, 0.05) is 23.6 Å². The molecule has 11 heteroatoms. The molecule has 0 spiro atoms. The van der Waals surface area contributed by atoms with Gasteiger partial charge in [0.05, 0.1) is 10.6 Å². The molecule has 6 nitrogen and oxygen atoms in total.